The molecule has 0 saturated carbocycles. The summed E-state index contributed by atoms with van der Waals surface area (Å²) < 4.78 is 23.4. The maximum absolute atomic E-state index is 12.8. The number of halogens is 1. The molecule has 0 amide bonds. The van der Waals surface area contributed by atoms with E-state index in [1.54, 1.807) is 19.1 Å². The number of nitrogens with zero attached hydrogens (tertiary/aromatic N) is 1. The van der Waals surface area contributed by atoms with Gasteiger partial charge in [-0.2, -0.15) is 0 Å². The van der Waals surface area contributed by atoms with E-state index in [0.717, 1.165) is 13.1 Å². The smallest absolute Gasteiger partial charge is 0.324 e. The van der Waals surface area contributed by atoms with E-state index in [0.29, 0.717) is 32.1 Å². The van der Waals surface area contributed by atoms with Crippen molar-refractivity contribution in [3.05, 3.63) is 30.1 Å². The largest absolute Gasteiger partial charge is 0.492 e. The summed E-state index contributed by atoms with van der Waals surface area (Å²) in [6.45, 7) is 5.47. The van der Waals surface area contributed by atoms with E-state index in [9.17, 15) is 9.18 Å². The molecule has 0 aliphatic carbocycles. The molecule has 1 unspecified atom stereocenters. The van der Waals surface area contributed by atoms with E-state index in [1.165, 1.54) is 12.1 Å². The fourth-order valence-electron chi connectivity index (χ4n) is 2.30. The second-order valence-corrected chi connectivity index (χ2v) is 4.81. The molecule has 0 spiro atoms. The third-order valence-electron chi connectivity index (χ3n) is 3.37. The molecule has 1 atom stereocenters. The van der Waals surface area contributed by atoms with E-state index in [2.05, 4.69) is 10.2 Å². The van der Waals surface area contributed by atoms with Crippen LogP contribution in [-0.2, 0) is 9.53 Å². The summed E-state index contributed by atoms with van der Waals surface area (Å²) in [6, 6.07) is 5.64. The molecule has 0 bridgehead atoms. The van der Waals surface area contributed by atoms with Crippen molar-refractivity contribution in [1.82, 2.24) is 10.2 Å². The zero-order valence-electron chi connectivity index (χ0n) is 12.2. The summed E-state index contributed by atoms with van der Waals surface area (Å²) in [4.78, 5) is 13.9. The minimum Gasteiger partial charge on any atom is -0.492 e. The molecule has 1 fully saturated rings. The van der Waals surface area contributed by atoms with E-state index in [1.807, 2.05) is 0 Å². The molecule has 0 radical (unpaired) electrons. The molecule has 6 heteroatoms. The Labute approximate surface area is 124 Å². The van der Waals surface area contributed by atoms with Crippen LogP contribution in [0.4, 0.5) is 4.39 Å². The molecule has 21 heavy (non-hydrogen) atoms. The second kappa shape index (κ2) is 7.95. The first-order chi connectivity index (χ1) is 10.2. The first-order valence-corrected chi connectivity index (χ1v) is 7.20. The molecule has 1 aliphatic heterocycles. The van der Waals surface area contributed by atoms with Crippen molar-refractivity contribution >= 4 is 5.97 Å². The Morgan fingerprint density at radius 1 is 1.43 bits per heavy atom. The van der Waals surface area contributed by atoms with Gasteiger partial charge < -0.3 is 14.8 Å². The van der Waals surface area contributed by atoms with Crippen LogP contribution in [0, 0.1) is 5.82 Å². The monoisotopic (exact) mass is 296 g/mol. The van der Waals surface area contributed by atoms with Crippen LogP contribution in [0.3, 0.4) is 0 Å². The molecule has 1 heterocycles. The van der Waals surface area contributed by atoms with Crippen LogP contribution in [0.5, 0.6) is 5.75 Å². The topological polar surface area (TPSA) is 50.8 Å². The number of carbonyl (C=O) groups excluding carboxylic acids is 1. The highest BCUT2D eigenvalue weighted by Gasteiger charge is 2.29. The van der Waals surface area contributed by atoms with Gasteiger partial charge in [0.1, 0.15) is 24.2 Å². The molecular formula is C15H21FN2O3. The van der Waals surface area contributed by atoms with Crippen molar-refractivity contribution in [1.29, 1.82) is 0 Å². The molecule has 1 aromatic rings. The molecule has 1 saturated heterocycles. The fraction of sp³-hybridized carbons (Fsp3) is 0.533. The van der Waals surface area contributed by atoms with Crippen LogP contribution in [0.25, 0.3) is 0 Å². The van der Waals surface area contributed by atoms with Gasteiger partial charge in [-0.15, -0.1) is 0 Å². The average molecular weight is 296 g/mol. The van der Waals surface area contributed by atoms with Crippen molar-refractivity contribution in [2.24, 2.45) is 0 Å². The van der Waals surface area contributed by atoms with Crippen LogP contribution >= 0.6 is 0 Å². The SMILES string of the molecule is CCOC(=O)C1CNCCN1CCOc1ccc(F)cc1. The zero-order chi connectivity index (χ0) is 15.1. The first-order valence-electron chi connectivity index (χ1n) is 7.20. The number of benzene rings is 1. The Bertz CT molecular complexity index is 453. The van der Waals surface area contributed by atoms with Crippen molar-refractivity contribution in [2.75, 3.05) is 39.4 Å². The zero-order valence-corrected chi connectivity index (χ0v) is 12.2. The molecule has 116 valence electrons. The van der Waals surface area contributed by atoms with Gasteiger partial charge in [-0.05, 0) is 31.2 Å². The standard InChI is InChI=1S/C15H21FN2O3/c1-2-20-15(19)14-11-17-7-8-18(14)9-10-21-13-5-3-12(16)4-6-13/h3-6,14,17H,2,7-11H2,1H3. The molecule has 1 aliphatic rings. The van der Waals surface area contributed by atoms with Crippen LogP contribution in [-0.4, -0.2) is 56.3 Å². The number of piperazine rings is 1. The van der Waals surface area contributed by atoms with Gasteiger partial charge in [0.2, 0.25) is 0 Å². The van der Waals surface area contributed by atoms with Crippen LogP contribution in [0.2, 0.25) is 0 Å². The Kier molecular flexibility index (Phi) is 5.95. The second-order valence-electron chi connectivity index (χ2n) is 4.81. The highest BCUT2D eigenvalue weighted by atomic mass is 19.1. The summed E-state index contributed by atoms with van der Waals surface area (Å²) in [5.41, 5.74) is 0. The predicted molar refractivity (Wildman–Crippen MR) is 76.8 cm³/mol. The molecule has 1 N–H and O–H groups in total. The molecule has 5 nitrogen and oxygen atoms in total. The molecular weight excluding hydrogens is 275 g/mol. The number of esters is 1. The van der Waals surface area contributed by atoms with E-state index in [-0.39, 0.29) is 17.8 Å². The number of hydrogen-bond donors (Lipinski definition) is 1. The Balaban J connectivity index is 1.82. The molecule has 0 aromatic heterocycles. The lowest BCUT2D eigenvalue weighted by atomic mass is 10.2. The molecule has 2 rings (SSSR count). The summed E-state index contributed by atoms with van der Waals surface area (Å²) in [5.74, 6) is 0.137. The van der Waals surface area contributed by atoms with Gasteiger partial charge in [-0.3, -0.25) is 9.69 Å². The number of ether oxygens (including phenoxy) is 2. The minimum absolute atomic E-state index is 0.202. The predicted octanol–water partition coefficient (Wildman–Crippen LogP) is 1.04. The van der Waals surface area contributed by atoms with E-state index >= 15 is 0 Å². The van der Waals surface area contributed by atoms with Crippen molar-refractivity contribution < 1.29 is 18.7 Å². The van der Waals surface area contributed by atoms with Gasteiger partial charge >= 0.3 is 5.97 Å². The van der Waals surface area contributed by atoms with Crippen molar-refractivity contribution in [3.63, 3.8) is 0 Å². The number of nitrogens with one attached hydrogen (secondary N) is 1. The van der Waals surface area contributed by atoms with Gasteiger partial charge in [0.25, 0.3) is 0 Å². The Hall–Kier alpha value is -1.66. The van der Waals surface area contributed by atoms with Crippen LogP contribution in [0.1, 0.15) is 6.92 Å². The number of carbonyl (C=O) groups is 1. The lowest BCUT2D eigenvalue weighted by molar-refractivity contribution is -0.150. The van der Waals surface area contributed by atoms with Crippen molar-refractivity contribution in [3.8, 4) is 5.75 Å². The third kappa shape index (κ3) is 4.68. The Morgan fingerprint density at radius 2 is 2.19 bits per heavy atom. The lowest BCUT2D eigenvalue weighted by Crippen LogP contribution is -2.56. The van der Waals surface area contributed by atoms with E-state index < -0.39 is 0 Å². The lowest BCUT2D eigenvalue weighted by Gasteiger charge is -2.34. The van der Waals surface area contributed by atoms with Gasteiger partial charge in [-0.25, -0.2) is 4.39 Å². The fourth-order valence-corrected chi connectivity index (χ4v) is 2.30. The maximum Gasteiger partial charge on any atom is 0.324 e. The first kappa shape index (κ1) is 15.7. The summed E-state index contributed by atoms with van der Waals surface area (Å²) in [6.07, 6.45) is 0. The molecule has 1 aromatic carbocycles. The average Bonchev–Trinajstić information content (AvgIpc) is 2.50. The highest BCUT2D eigenvalue weighted by Crippen LogP contribution is 2.12. The summed E-state index contributed by atoms with van der Waals surface area (Å²) in [5, 5.41) is 3.19. The highest BCUT2D eigenvalue weighted by molar-refractivity contribution is 5.76. The Morgan fingerprint density at radius 3 is 2.90 bits per heavy atom. The normalized spacial score (nSPS) is 19.2. The number of hydrogen-bond acceptors (Lipinski definition) is 5. The maximum atomic E-state index is 12.8. The van der Waals surface area contributed by atoms with Crippen LogP contribution in [0.15, 0.2) is 24.3 Å². The van der Waals surface area contributed by atoms with Crippen LogP contribution < -0.4 is 10.1 Å². The summed E-state index contributed by atoms with van der Waals surface area (Å²) in [7, 11) is 0. The van der Waals surface area contributed by atoms with Gasteiger partial charge in [0.15, 0.2) is 0 Å². The summed E-state index contributed by atoms with van der Waals surface area (Å²) >= 11 is 0. The van der Waals surface area contributed by atoms with Gasteiger partial charge in [0.05, 0.1) is 6.61 Å². The van der Waals surface area contributed by atoms with Gasteiger partial charge in [0, 0.05) is 26.2 Å². The number of rotatable bonds is 6. The third-order valence-corrected chi connectivity index (χ3v) is 3.37. The van der Waals surface area contributed by atoms with Gasteiger partial charge in [-0.1, -0.05) is 0 Å². The quantitative estimate of drug-likeness (QED) is 0.795. The minimum atomic E-state index is -0.285. The van der Waals surface area contributed by atoms with E-state index in [4.69, 9.17) is 9.47 Å². The van der Waals surface area contributed by atoms with Crippen molar-refractivity contribution in [2.45, 2.75) is 13.0 Å².